The lowest BCUT2D eigenvalue weighted by molar-refractivity contribution is 0.0853. The van der Waals surface area contributed by atoms with Gasteiger partial charge in [0.1, 0.15) is 18.5 Å². The van der Waals surface area contributed by atoms with Crippen LogP contribution in [0, 0.1) is 0 Å². The summed E-state index contributed by atoms with van der Waals surface area (Å²) >= 11 is 0. The minimum atomic E-state index is -2.70. The molecule has 0 saturated heterocycles. The number of rotatable bonds is 6. The molecule has 0 bridgehead atoms. The van der Waals surface area contributed by atoms with Gasteiger partial charge in [0.2, 0.25) is 0 Å². The highest BCUT2D eigenvalue weighted by Gasteiger charge is 2.20. The predicted molar refractivity (Wildman–Crippen MR) is 82.6 cm³/mol. The fourth-order valence-corrected chi connectivity index (χ4v) is 2.43. The molecule has 1 atom stereocenters. The zero-order valence-corrected chi connectivity index (χ0v) is 12.3. The molecule has 0 fully saturated rings. The molecule has 6 heteroatoms. The first-order valence-corrected chi connectivity index (χ1v) is 7.24. The number of fused-ring (bicyclic) bond motifs is 1. The predicted octanol–water partition coefficient (Wildman–Crippen LogP) is 3.41. The Labute approximate surface area is 132 Å². The van der Waals surface area contributed by atoms with Crippen LogP contribution >= 0.6 is 0 Å². The Balaban J connectivity index is 1.76. The van der Waals surface area contributed by atoms with E-state index in [1.54, 1.807) is 36.4 Å². The first-order chi connectivity index (χ1) is 11.1. The van der Waals surface area contributed by atoms with Gasteiger partial charge in [0.25, 0.3) is 6.43 Å². The molecule has 0 radical (unpaired) electrons. The fourth-order valence-electron chi connectivity index (χ4n) is 2.43. The number of benzene rings is 2. The highest BCUT2D eigenvalue weighted by Crippen LogP contribution is 2.24. The summed E-state index contributed by atoms with van der Waals surface area (Å²) in [6.45, 7) is 0.00617. The number of aliphatic hydroxyl groups is 1. The van der Waals surface area contributed by atoms with Gasteiger partial charge in [0.05, 0.1) is 17.6 Å². The smallest absolute Gasteiger partial charge is 0.295 e. The molecule has 1 heterocycles. The molecular formula is C17H16F2N2O2. The van der Waals surface area contributed by atoms with E-state index in [4.69, 9.17) is 4.74 Å². The van der Waals surface area contributed by atoms with Gasteiger partial charge in [-0.15, -0.1) is 0 Å². The van der Waals surface area contributed by atoms with Crippen molar-refractivity contribution < 1.29 is 18.6 Å². The van der Waals surface area contributed by atoms with E-state index in [0.717, 1.165) is 0 Å². The maximum Gasteiger partial charge on any atom is 0.295 e. The summed E-state index contributed by atoms with van der Waals surface area (Å²) in [6.07, 6.45) is -3.63. The van der Waals surface area contributed by atoms with Crippen molar-refractivity contribution in [2.45, 2.75) is 19.1 Å². The number of nitrogens with zero attached hydrogens (tertiary/aromatic N) is 2. The monoisotopic (exact) mass is 318 g/mol. The maximum absolute atomic E-state index is 13.2. The Morgan fingerprint density at radius 3 is 2.48 bits per heavy atom. The standard InChI is InChI=1S/C17H16F2N2O2/c18-16(19)17-20-14-8-4-5-9-15(14)21(17)10-12(22)11-23-13-6-2-1-3-7-13/h1-9,12,16,22H,10-11H2. The Morgan fingerprint density at radius 2 is 1.74 bits per heavy atom. The lowest BCUT2D eigenvalue weighted by atomic mass is 10.3. The minimum absolute atomic E-state index is 0.00692. The largest absolute Gasteiger partial charge is 0.491 e. The number of aliphatic hydroxyl groups excluding tert-OH is 1. The van der Waals surface area contributed by atoms with Gasteiger partial charge in [0.15, 0.2) is 5.82 Å². The van der Waals surface area contributed by atoms with Gasteiger partial charge in [-0.2, -0.15) is 0 Å². The van der Waals surface area contributed by atoms with Crippen LogP contribution in [0.3, 0.4) is 0 Å². The number of imidazole rings is 1. The normalized spacial score (nSPS) is 12.7. The van der Waals surface area contributed by atoms with Crippen molar-refractivity contribution in [3.05, 3.63) is 60.4 Å². The van der Waals surface area contributed by atoms with Crippen molar-refractivity contribution in [2.75, 3.05) is 6.61 Å². The molecule has 1 N–H and O–H groups in total. The first kappa shape index (κ1) is 15.4. The Kier molecular flexibility index (Phi) is 4.52. The second-order valence-corrected chi connectivity index (χ2v) is 5.15. The summed E-state index contributed by atoms with van der Waals surface area (Å²) in [6, 6.07) is 15.9. The molecule has 4 nitrogen and oxygen atoms in total. The molecular weight excluding hydrogens is 302 g/mol. The van der Waals surface area contributed by atoms with E-state index in [1.165, 1.54) is 4.57 Å². The Bertz CT molecular complexity index is 775. The quantitative estimate of drug-likeness (QED) is 0.757. The summed E-state index contributed by atoms with van der Waals surface area (Å²) in [4.78, 5) is 3.94. The van der Waals surface area contributed by atoms with Gasteiger partial charge in [-0.25, -0.2) is 13.8 Å². The third kappa shape index (κ3) is 3.48. The molecule has 120 valence electrons. The van der Waals surface area contributed by atoms with Gasteiger partial charge in [-0.1, -0.05) is 30.3 Å². The topological polar surface area (TPSA) is 47.3 Å². The van der Waals surface area contributed by atoms with E-state index in [9.17, 15) is 13.9 Å². The van der Waals surface area contributed by atoms with Gasteiger partial charge in [-0.3, -0.25) is 0 Å². The molecule has 3 rings (SSSR count). The summed E-state index contributed by atoms with van der Waals surface area (Å²) in [5, 5.41) is 10.1. The van der Waals surface area contributed by atoms with Crippen LogP contribution in [0.15, 0.2) is 54.6 Å². The lowest BCUT2D eigenvalue weighted by Crippen LogP contribution is -2.24. The zero-order chi connectivity index (χ0) is 16.2. The minimum Gasteiger partial charge on any atom is -0.491 e. The molecule has 0 amide bonds. The van der Waals surface area contributed by atoms with Crippen LogP contribution in [-0.4, -0.2) is 27.4 Å². The average molecular weight is 318 g/mol. The number of para-hydroxylation sites is 3. The van der Waals surface area contributed by atoms with Gasteiger partial charge in [0, 0.05) is 0 Å². The molecule has 0 aliphatic carbocycles. The van der Waals surface area contributed by atoms with Crippen LogP contribution in [0.5, 0.6) is 5.75 Å². The van der Waals surface area contributed by atoms with E-state index in [0.29, 0.717) is 16.8 Å². The zero-order valence-electron chi connectivity index (χ0n) is 12.3. The van der Waals surface area contributed by atoms with Crippen LogP contribution < -0.4 is 4.74 Å². The second kappa shape index (κ2) is 6.75. The molecule has 23 heavy (non-hydrogen) atoms. The van der Waals surface area contributed by atoms with E-state index in [-0.39, 0.29) is 19.0 Å². The maximum atomic E-state index is 13.2. The Morgan fingerprint density at radius 1 is 1.04 bits per heavy atom. The second-order valence-electron chi connectivity index (χ2n) is 5.15. The van der Waals surface area contributed by atoms with Gasteiger partial charge >= 0.3 is 0 Å². The molecule has 1 aromatic heterocycles. The van der Waals surface area contributed by atoms with Gasteiger partial charge in [-0.05, 0) is 24.3 Å². The van der Waals surface area contributed by atoms with Crippen LogP contribution in [0.1, 0.15) is 12.2 Å². The van der Waals surface area contributed by atoms with Crippen molar-refractivity contribution in [3.8, 4) is 5.75 Å². The summed E-state index contributed by atoms with van der Waals surface area (Å²) in [5.41, 5.74) is 1.06. The molecule has 3 aromatic rings. The molecule has 0 saturated carbocycles. The third-order valence-corrected chi connectivity index (χ3v) is 3.46. The van der Waals surface area contributed by atoms with E-state index in [1.807, 2.05) is 18.2 Å². The number of halogens is 2. The van der Waals surface area contributed by atoms with Crippen LogP contribution in [-0.2, 0) is 6.54 Å². The third-order valence-electron chi connectivity index (χ3n) is 3.46. The van der Waals surface area contributed by atoms with E-state index < -0.39 is 12.5 Å². The number of alkyl halides is 2. The fraction of sp³-hybridized carbons (Fsp3) is 0.235. The highest BCUT2D eigenvalue weighted by molar-refractivity contribution is 5.75. The molecule has 0 aliphatic rings. The Hall–Kier alpha value is -2.47. The van der Waals surface area contributed by atoms with Crippen molar-refractivity contribution in [3.63, 3.8) is 0 Å². The van der Waals surface area contributed by atoms with E-state index >= 15 is 0 Å². The van der Waals surface area contributed by atoms with E-state index in [2.05, 4.69) is 4.98 Å². The van der Waals surface area contributed by atoms with Crippen molar-refractivity contribution in [1.82, 2.24) is 9.55 Å². The van der Waals surface area contributed by atoms with Crippen LogP contribution in [0.4, 0.5) is 8.78 Å². The number of hydrogen-bond donors (Lipinski definition) is 1. The molecule has 1 unspecified atom stereocenters. The van der Waals surface area contributed by atoms with Gasteiger partial charge < -0.3 is 14.4 Å². The van der Waals surface area contributed by atoms with Crippen molar-refractivity contribution in [2.24, 2.45) is 0 Å². The molecule has 0 spiro atoms. The number of ether oxygens (including phenoxy) is 1. The summed E-state index contributed by atoms with van der Waals surface area (Å²) < 4.78 is 33.1. The van der Waals surface area contributed by atoms with Crippen molar-refractivity contribution in [1.29, 1.82) is 0 Å². The first-order valence-electron chi connectivity index (χ1n) is 7.24. The van der Waals surface area contributed by atoms with Crippen LogP contribution in [0.25, 0.3) is 11.0 Å². The van der Waals surface area contributed by atoms with Crippen LogP contribution in [0.2, 0.25) is 0 Å². The highest BCUT2D eigenvalue weighted by atomic mass is 19.3. The molecule has 0 aliphatic heterocycles. The SMILES string of the molecule is OC(COc1ccccc1)Cn1c(C(F)F)nc2ccccc21. The summed E-state index contributed by atoms with van der Waals surface area (Å²) in [5.74, 6) is 0.279. The lowest BCUT2D eigenvalue weighted by Gasteiger charge is -2.15. The summed E-state index contributed by atoms with van der Waals surface area (Å²) in [7, 11) is 0. The number of aromatic nitrogens is 2. The number of hydrogen-bond acceptors (Lipinski definition) is 3. The van der Waals surface area contributed by atoms with Crippen molar-refractivity contribution >= 4 is 11.0 Å². The average Bonchev–Trinajstić information content (AvgIpc) is 2.93. The molecule has 2 aromatic carbocycles.